The lowest BCUT2D eigenvalue weighted by Gasteiger charge is -2.26. The van der Waals surface area contributed by atoms with Gasteiger partial charge in [0.25, 0.3) is 0 Å². The van der Waals surface area contributed by atoms with Crippen molar-refractivity contribution in [3.05, 3.63) is 35.4 Å². The quantitative estimate of drug-likeness (QED) is 0.774. The van der Waals surface area contributed by atoms with E-state index < -0.39 is 29.2 Å². The van der Waals surface area contributed by atoms with Crippen LogP contribution in [0.3, 0.4) is 0 Å². The van der Waals surface area contributed by atoms with Crippen molar-refractivity contribution in [3.8, 4) is 0 Å². The molecule has 0 atom stereocenters. The van der Waals surface area contributed by atoms with E-state index in [4.69, 9.17) is 0 Å². The molecular weight excluding hydrogens is 311 g/mol. The number of hydrogen-bond donors (Lipinski definition) is 3. The molecule has 1 rings (SSSR count). The number of rotatable bonds is 5. The van der Waals surface area contributed by atoms with E-state index >= 15 is 0 Å². The predicted octanol–water partition coefficient (Wildman–Crippen LogP) is 2.07. The third kappa shape index (κ3) is 6.68. The van der Waals surface area contributed by atoms with Crippen molar-refractivity contribution in [1.29, 1.82) is 0 Å². The van der Waals surface area contributed by atoms with E-state index in [1.54, 1.807) is 0 Å². The Morgan fingerprint density at radius 3 is 2.13 bits per heavy atom. The number of nitrogens with one attached hydrogen (secondary N) is 3. The first-order valence-corrected chi connectivity index (χ1v) is 6.96. The van der Waals surface area contributed by atoms with Crippen molar-refractivity contribution in [2.24, 2.45) is 0 Å². The zero-order valence-corrected chi connectivity index (χ0v) is 13.2. The van der Waals surface area contributed by atoms with E-state index in [9.17, 15) is 22.8 Å². The van der Waals surface area contributed by atoms with E-state index in [1.807, 2.05) is 13.8 Å². The average Bonchev–Trinajstić information content (AvgIpc) is 2.44. The molecule has 8 heteroatoms. The van der Waals surface area contributed by atoms with Crippen molar-refractivity contribution >= 4 is 11.9 Å². The van der Waals surface area contributed by atoms with E-state index in [0.29, 0.717) is 12.0 Å². The molecule has 0 saturated carbocycles. The fourth-order valence-corrected chi connectivity index (χ4v) is 1.94. The maximum atomic E-state index is 12.5. The first-order chi connectivity index (χ1) is 10.5. The van der Waals surface area contributed by atoms with Crippen LogP contribution in [0.1, 0.15) is 25.0 Å². The summed E-state index contributed by atoms with van der Waals surface area (Å²) in [5, 5.41) is 7.34. The molecule has 0 aliphatic rings. The average molecular weight is 331 g/mol. The molecule has 3 N–H and O–H groups in total. The van der Waals surface area contributed by atoms with Crippen LogP contribution in [0.15, 0.2) is 24.3 Å². The molecule has 0 bridgehead atoms. The van der Waals surface area contributed by atoms with E-state index in [2.05, 4.69) is 16.0 Å². The summed E-state index contributed by atoms with van der Waals surface area (Å²) in [6.07, 6.45) is -3.93. The topological polar surface area (TPSA) is 70.2 Å². The summed E-state index contributed by atoms with van der Waals surface area (Å²) in [6.45, 7) is 3.55. The number of imide groups is 1. The molecule has 128 valence electrons. The number of alkyl halides is 3. The Kier molecular flexibility index (Phi) is 6.14. The Labute approximate surface area is 132 Å². The molecule has 1 aromatic carbocycles. The molecule has 0 saturated heterocycles. The molecule has 0 fully saturated rings. The molecule has 5 nitrogen and oxygen atoms in total. The van der Waals surface area contributed by atoms with Gasteiger partial charge in [0, 0.05) is 12.6 Å². The Hall–Kier alpha value is -2.09. The van der Waals surface area contributed by atoms with Gasteiger partial charge in [-0.05, 0) is 38.0 Å². The van der Waals surface area contributed by atoms with Gasteiger partial charge in [0.05, 0.1) is 12.1 Å². The smallest absolute Gasteiger partial charge is 0.341 e. The molecule has 0 unspecified atom stereocenters. The summed E-state index contributed by atoms with van der Waals surface area (Å²) < 4.78 is 37.5. The van der Waals surface area contributed by atoms with Crippen LogP contribution in [0.5, 0.6) is 0 Å². The van der Waals surface area contributed by atoms with Crippen LogP contribution < -0.4 is 16.0 Å². The Bertz CT molecular complexity index is 554. The molecule has 0 aliphatic heterocycles. The van der Waals surface area contributed by atoms with Crippen molar-refractivity contribution in [3.63, 3.8) is 0 Å². The van der Waals surface area contributed by atoms with Gasteiger partial charge < -0.3 is 10.6 Å². The summed E-state index contributed by atoms with van der Waals surface area (Å²) in [5.41, 5.74) is -0.515. The number of carbonyl (C=O) groups is 2. The van der Waals surface area contributed by atoms with Gasteiger partial charge in [-0.25, -0.2) is 4.79 Å². The van der Waals surface area contributed by atoms with Gasteiger partial charge in [0.15, 0.2) is 0 Å². The first-order valence-electron chi connectivity index (χ1n) is 6.96. The summed E-state index contributed by atoms with van der Waals surface area (Å²) in [5.74, 6) is -0.496. The minimum atomic E-state index is -4.36. The summed E-state index contributed by atoms with van der Waals surface area (Å²) >= 11 is 0. The summed E-state index contributed by atoms with van der Waals surface area (Å²) in [7, 11) is 1.39. The van der Waals surface area contributed by atoms with Gasteiger partial charge in [-0.3, -0.25) is 10.1 Å². The molecule has 0 heterocycles. The minimum Gasteiger partial charge on any atom is -0.341 e. The van der Waals surface area contributed by atoms with Crippen molar-refractivity contribution < 1.29 is 22.8 Å². The number of amides is 3. The molecular formula is C15H20F3N3O2. The fourth-order valence-electron chi connectivity index (χ4n) is 1.94. The van der Waals surface area contributed by atoms with Crippen LogP contribution in [0.25, 0.3) is 0 Å². The number of halogens is 3. The van der Waals surface area contributed by atoms with Crippen molar-refractivity contribution in [1.82, 2.24) is 16.0 Å². The molecule has 0 spiro atoms. The van der Waals surface area contributed by atoms with Crippen molar-refractivity contribution in [2.75, 3.05) is 13.6 Å². The second-order valence-corrected chi connectivity index (χ2v) is 5.74. The summed E-state index contributed by atoms with van der Waals surface area (Å²) in [4.78, 5) is 22.5. The Balaban J connectivity index is 2.57. The fraction of sp³-hybridized carbons (Fsp3) is 0.467. The molecule has 0 aliphatic carbocycles. The maximum absolute atomic E-state index is 12.5. The molecule has 1 aromatic rings. The van der Waals surface area contributed by atoms with Gasteiger partial charge in [-0.2, -0.15) is 13.2 Å². The highest BCUT2D eigenvalue weighted by Gasteiger charge is 2.30. The molecule has 0 radical (unpaired) electrons. The van der Waals surface area contributed by atoms with Crippen LogP contribution in [0.4, 0.5) is 18.0 Å². The van der Waals surface area contributed by atoms with Gasteiger partial charge in [-0.1, -0.05) is 12.1 Å². The van der Waals surface area contributed by atoms with Crippen LogP contribution >= 0.6 is 0 Å². The van der Waals surface area contributed by atoms with Gasteiger partial charge in [-0.15, -0.1) is 0 Å². The third-order valence-electron chi connectivity index (χ3n) is 3.13. The minimum absolute atomic E-state index is 0.0823. The monoisotopic (exact) mass is 331 g/mol. The highest BCUT2D eigenvalue weighted by molar-refractivity contribution is 5.95. The van der Waals surface area contributed by atoms with E-state index in [1.165, 1.54) is 19.2 Å². The normalized spacial score (nSPS) is 11.9. The lowest BCUT2D eigenvalue weighted by Crippen LogP contribution is -2.48. The van der Waals surface area contributed by atoms with Gasteiger partial charge in [0.1, 0.15) is 0 Å². The number of urea groups is 1. The zero-order valence-electron chi connectivity index (χ0n) is 13.2. The largest absolute Gasteiger partial charge is 0.416 e. The maximum Gasteiger partial charge on any atom is 0.416 e. The Morgan fingerprint density at radius 2 is 1.65 bits per heavy atom. The zero-order chi connectivity index (χ0) is 17.7. The lowest BCUT2D eigenvalue weighted by molar-refractivity contribution is -0.137. The Morgan fingerprint density at radius 1 is 1.09 bits per heavy atom. The SMILES string of the molecule is CNC(=O)NC(=O)CNC(C)(C)Cc1ccc(C(F)(F)F)cc1. The van der Waals surface area contributed by atoms with E-state index in [-0.39, 0.29) is 6.54 Å². The highest BCUT2D eigenvalue weighted by atomic mass is 19.4. The third-order valence-corrected chi connectivity index (χ3v) is 3.13. The molecule has 3 amide bonds. The van der Waals surface area contributed by atoms with Crippen LogP contribution in [0.2, 0.25) is 0 Å². The summed E-state index contributed by atoms with van der Waals surface area (Å²) in [6, 6.07) is 4.29. The predicted molar refractivity (Wildman–Crippen MR) is 79.8 cm³/mol. The van der Waals surface area contributed by atoms with E-state index in [0.717, 1.165) is 12.1 Å². The number of benzene rings is 1. The standard InChI is InChI=1S/C15H20F3N3O2/c1-14(2,20-9-12(22)21-13(23)19-3)8-10-4-6-11(7-5-10)15(16,17)18/h4-7,20H,8-9H2,1-3H3,(H2,19,21,22,23). The van der Waals surface area contributed by atoms with Crippen LogP contribution in [0, 0.1) is 0 Å². The van der Waals surface area contributed by atoms with Gasteiger partial charge in [0.2, 0.25) is 5.91 Å². The first kappa shape index (κ1) is 19.0. The molecule has 0 aromatic heterocycles. The van der Waals surface area contributed by atoms with Crippen molar-refractivity contribution in [2.45, 2.75) is 32.0 Å². The lowest BCUT2D eigenvalue weighted by atomic mass is 9.94. The van der Waals surface area contributed by atoms with Crippen LogP contribution in [-0.4, -0.2) is 31.1 Å². The number of hydrogen-bond acceptors (Lipinski definition) is 3. The molecule has 23 heavy (non-hydrogen) atoms. The number of carbonyl (C=O) groups excluding carboxylic acids is 2. The highest BCUT2D eigenvalue weighted by Crippen LogP contribution is 2.29. The van der Waals surface area contributed by atoms with Gasteiger partial charge >= 0.3 is 12.2 Å². The van der Waals surface area contributed by atoms with Crippen LogP contribution in [-0.2, 0) is 17.4 Å². The second-order valence-electron chi connectivity index (χ2n) is 5.74. The second kappa shape index (κ2) is 7.45.